The summed E-state index contributed by atoms with van der Waals surface area (Å²) in [5, 5.41) is 5.06. The van der Waals surface area contributed by atoms with E-state index in [1.54, 1.807) is 16.2 Å². The van der Waals surface area contributed by atoms with Gasteiger partial charge in [0.2, 0.25) is 5.91 Å². The number of nitrogens with zero attached hydrogens (tertiary/aromatic N) is 2. The Labute approximate surface area is 144 Å². The van der Waals surface area contributed by atoms with Gasteiger partial charge in [-0.3, -0.25) is 14.5 Å². The summed E-state index contributed by atoms with van der Waals surface area (Å²) in [7, 11) is 0. The van der Waals surface area contributed by atoms with Crippen LogP contribution in [0.4, 0.5) is 4.79 Å². The second-order valence-corrected chi connectivity index (χ2v) is 7.54. The van der Waals surface area contributed by atoms with E-state index in [2.05, 4.69) is 21.7 Å². The number of ether oxygens (including phenoxy) is 1. The molecule has 1 unspecified atom stereocenters. The highest BCUT2D eigenvalue weighted by Crippen LogP contribution is 2.25. The van der Waals surface area contributed by atoms with Crippen LogP contribution in [-0.2, 0) is 9.53 Å². The van der Waals surface area contributed by atoms with Gasteiger partial charge in [-0.25, -0.2) is 0 Å². The molecule has 0 radical (unpaired) electrons. The van der Waals surface area contributed by atoms with Crippen molar-refractivity contribution >= 4 is 34.2 Å². The summed E-state index contributed by atoms with van der Waals surface area (Å²) >= 11 is 2.99. The molecule has 0 aromatic carbocycles. The minimum absolute atomic E-state index is 0.00290. The van der Waals surface area contributed by atoms with Crippen molar-refractivity contribution in [2.75, 3.05) is 51.7 Å². The number of amides is 2. The van der Waals surface area contributed by atoms with Crippen LogP contribution in [0.3, 0.4) is 0 Å². The number of thioether (sulfide) groups is 1. The first-order chi connectivity index (χ1) is 11.2. The Balaban J connectivity index is 1.55. The lowest BCUT2D eigenvalue weighted by Gasteiger charge is -2.34. The Bertz CT molecular complexity index is 532. The molecule has 2 aliphatic rings. The molecule has 3 heterocycles. The molecule has 2 fully saturated rings. The van der Waals surface area contributed by atoms with Crippen LogP contribution in [-0.4, -0.2) is 72.6 Å². The molecule has 0 spiro atoms. The van der Waals surface area contributed by atoms with Crippen molar-refractivity contribution in [2.45, 2.75) is 6.04 Å². The number of rotatable bonds is 6. The molecule has 2 saturated heterocycles. The van der Waals surface area contributed by atoms with Gasteiger partial charge < -0.3 is 15.0 Å². The van der Waals surface area contributed by atoms with Crippen molar-refractivity contribution in [1.29, 1.82) is 0 Å². The van der Waals surface area contributed by atoms with E-state index in [1.807, 2.05) is 6.07 Å². The zero-order chi connectivity index (χ0) is 16.1. The summed E-state index contributed by atoms with van der Waals surface area (Å²) < 4.78 is 5.42. The summed E-state index contributed by atoms with van der Waals surface area (Å²) in [4.78, 5) is 28.9. The highest BCUT2D eigenvalue weighted by atomic mass is 32.2. The van der Waals surface area contributed by atoms with E-state index in [4.69, 9.17) is 4.74 Å². The number of thiophene rings is 1. The number of nitrogens with one attached hydrogen (secondary N) is 1. The Hall–Kier alpha value is -1.09. The molecule has 0 aliphatic carbocycles. The van der Waals surface area contributed by atoms with Gasteiger partial charge in [0.15, 0.2) is 0 Å². The van der Waals surface area contributed by atoms with Crippen molar-refractivity contribution in [3.8, 4) is 0 Å². The smallest absolute Gasteiger partial charge is 0.282 e. The highest BCUT2D eigenvalue weighted by molar-refractivity contribution is 8.13. The standard InChI is InChI=1S/C15H21N3O3S2/c19-14(11-18-5-9-23-15(18)20)16-10-12(13-2-1-8-22-13)17-3-6-21-7-4-17/h1-2,8,12H,3-7,9-11H2,(H,16,19). The quantitative estimate of drug-likeness (QED) is 0.836. The molecular formula is C15H21N3O3S2. The molecule has 1 atom stereocenters. The predicted octanol–water partition coefficient (Wildman–Crippen LogP) is 1.41. The fourth-order valence-electron chi connectivity index (χ4n) is 2.79. The van der Waals surface area contributed by atoms with Crippen LogP contribution in [0.25, 0.3) is 0 Å². The van der Waals surface area contributed by atoms with E-state index >= 15 is 0 Å². The van der Waals surface area contributed by atoms with Gasteiger partial charge >= 0.3 is 0 Å². The van der Waals surface area contributed by atoms with E-state index in [-0.39, 0.29) is 23.7 Å². The first-order valence-electron chi connectivity index (χ1n) is 7.77. The van der Waals surface area contributed by atoms with Crippen LogP contribution in [0.15, 0.2) is 17.5 Å². The minimum atomic E-state index is -0.0873. The van der Waals surface area contributed by atoms with E-state index in [0.717, 1.165) is 32.1 Å². The van der Waals surface area contributed by atoms with Crippen molar-refractivity contribution in [3.63, 3.8) is 0 Å². The number of carbonyl (C=O) groups excluding carboxylic acids is 2. The van der Waals surface area contributed by atoms with Gasteiger partial charge in [0.1, 0.15) is 6.54 Å². The van der Waals surface area contributed by atoms with Crippen LogP contribution in [0.2, 0.25) is 0 Å². The molecule has 6 nitrogen and oxygen atoms in total. The van der Waals surface area contributed by atoms with Crippen LogP contribution in [0.5, 0.6) is 0 Å². The van der Waals surface area contributed by atoms with Gasteiger partial charge in [-0.05, 0) is 11.4 Å². The first kappa shape index (κ1) is 16.8. The predicted molar refractivity (Wildman–Crippen MR) is 91.9 cm³/mol. The SMILES string of the molecule is O=C(CN1CCSC1=O)NCC(c1cccs1)N1CCOCC1. The zero-order valence-corrected chi connectivity index (χ0v) is 14.5. The average Bonchev–Trinajstić information content (AvgIpc) is 3.22. The van der Waals surface area contributed by atoms with Gasteiger partial charge in [-0.2, -0.15) is 0 Å². The van der Waals surface area contributed by atoms with Gasteiger partial charge in [0.05, 0.1) is 19.3 Å². The van der Waals surface area contributed by atoms with Crippen molar-refractivity contribution < 1.29 is 14.3 Å². The summed E-state index contributed by atoms with van der Waals surface area (Å²) in [5.74, 6) is 0.688. The number of hydrogen-bond acceptors (Lipinski definition) is 6. The van der Waals surface area contributed by atoms with E-state index < -0.39 is 0 Å². The second-order valence-electron chi connectivity index (χ2n) is 5.52. The maximum atomic E-state index is 12.1. The lowest BCUT2D eigenvalue weighted by Crippen LogP contribution is -2.45. The molecule has 2 aliphatic heterocycles. The van der Waals surface area contributed by atoms with Crippen molar-refractivity contribution in [2.24, 2.45) is 0 Å². The van der Waals surface area contributed by atoms with Crippen LogP contribution in [0.1, 0.15) is 10.9 Å². The number of hydrogen-bond donors (Lipinski definition) is 1. The largest absolute Gasteiger partial charge is 0.379 e. The molecule has 2 amide bonds. The molecule has 0 bridgehead atoms. The molecule has 1 aromatic rings. The fourth-order valence-corrected chi connectivity index (χ4v) is 4.47. The van der Waals surface area contributed by atoms with Crippen LogP contribution in [0, 0.1) is 0 Å². The molecule has 23 heavy (non-hydrogen) atoms. The highest BCUT2D eigenvalue weighted by Gasteiger charge is 2.26. The summed E-state index contributed by atoms with van der Waals surface area (Å²) in [6.45, 7) is 4.60. The molecule has 0 saturated carbocycles. The molecule has 126 valence electrons. The third-order valence-corrected chi connectivity index (χ3v) is 5.90. The van der Waals surface area contributed by atoms with E-state index in [9.17, 15) is 9.59 Å². The molecule has 8 heteroatoms. The van der Waals surface area contributed by atoms with Crippen molar-refractivity contribution in [1.82, 2.24) is 15.1 Å². The third kappa shape index (κ3) is 4.47. The number of carbonyl (C=O) groups is 2. The summed E-state index contributed by atoms with van der Waals surface area (Å²) in [6.07, 6.45) is 0. The topological polar surface area (TPSA) is 61.9 Å². The van der Waals surface area contributed by atoms with E-state index in [1.165, 1.54) is 16.6 Å². The Morgan fingerprint density at radius 2 is 2.17 bits per heavy atom. The third-order valence-electron chi connectivity index (χ3n) is 4.03. The van der Waals surface area contributed by atoms with Gasteiger partial charge in [0.25, 0.3) is 5.24 Å². The van der Waals surface area contributed by atoms with Crippen LogP contribution < -0.4 is 5.32 Å². The Morgan fingerprint density at radius 1 is 1.35 bits per heavy atom. The van der Waals surface area contributed by atoms with Crippen molar-refractivity contribution in [3.05, 3.63) is 22.4 Å². The molecule has 1 N–H and O–H groups in total. The lowest BCUT2D eigenvalue weighted by atomic mass is 10.2. The fraction of sp³-hybridized carbons (Fsp3) is 0.600. The Morgan fingerprint density at radius 3 is 2.83 bits per heavy atom. The second kappa shape index (κ2) is 8.14. The normalized spacial score (nSPS) is 20.7. The molecular weight excluding hydrogens is 334 g/mol. The summed E-state index contributed by atoms with van der Waals surface area (Å²) in [5.41, 5.74) is 0. The number of morpholine rings is 1. The minimum Gasteiger partial charge on any atom is -0.379 e. The van der Waals surface area contributed by atoms with Gasteiger partial charge in [-0.1, -0.05) is 17.8 Å². The zero-order valence-electron chi connectivity index (χ0n) is 12.9. The average molecular weight is 355 g/mol. The maximum absolute atomic E-state index is 12.1. The summed E-state index contributed by atoms with van der Waals surface area (Å²) in [6, 6.07) is 4.32. The first-order valence-corrected chi connectivity index (χ1v) is 9.64. The Kier molecular flexibility index (Phi) is 5.93. The monoisotopic (exact) mass is 355 g/mol. The maximum Gasteiger partial charge on any atom is 0.282 e. The molecule has 3 rings (SSSR count). The van der Waals surface area contributed by atoms with Gasteiger partial charge in [-0.15, -0.1) is 11.3 Å². The van der Waals surface area contributed by atoms with Crippen LogP contribution >= 0.6 is 23.1 Å². The van der Waals surface area contributed by atoms with E-state index in [0.29, 0.717) is 13.1 Å². The lowest BCUT2D eigenvalue weighted by molar-refractivity contribution is -0.121. The molecule has 1 aromatic heterocycles. The van der Waals surface area contributed by atoms with Gasteiger partial charge in [0, 0.05) is 36.8 Å².